The molecule has 0 radical (unpaired) electrons. The monoisotopic (exact) mass is 296 g/mol. The van der Waals surface area contributed by atoms with E-state index in [0.717, 1.165) is 25.8 Å². The minimum absolute atomic E-state index is 0.295. The second-order valence-electron chi connectivity index (χ2n) is 5.92. The maximum atomic E-state index is 12.9. The maximum Gasteiger partial charge on any atom is 0.245 e. The van der Waals surface area contributed by atoms with E-state index in [0.29, 0.717) is 17.1 Å². The summed E-state index contributed by atoms with van der Waals surface area (Å²) in [6, 6.07) is 7.19. The summed E-state index contributed by atoms with van der Waals surface area (Å²) in [6.07, 6.45) is 2.80. The lowest BCUT2D eigenvalue weighted by Crippen LogP contribution is -2.42. The van der Waals surface area contributed by atoms with E-state index in [1.54, 1.807) is 16.4 Å². The number of nitrogens with one attached hydrogen (secondary N) is 1. The first-order valence-electron chi connectivity index (χ1n) is 7.25. The molecule has 1 aromatic carbocycles. The number of rotatable bonds is 5. The van der Waals surface area contributed by atoms with Crippen molar-refractivity contribution < 1.29 is 8.42 Å². The van der Waals surface area contributed by atoms with Gasteiger partial charge in [-0.3, -0.25) is 0 Å². The molecular formula is C15H24N2O2S. The van der Waals surface area contributed by atoms with Gasteiger partial charge in [0.05, 0.1) is 5.69 Å². The molecule has 0 amide bonds. The van der Waals surface area contributed by atoms with Gasteiger partial charge in [-0.25, -0.2) is 8.42 Å². The Kier molecular flexibility index (Phi) is 4.39. The van der Waals surface area contributed by atoms with E-state index in [1.165, 1.54) is 0 Å². The van der Waals surface area contributed by atoms with Gasteiger partial charge in [0.15, 0.2) is 0 Å². The molecule has 1 aromatic rings. The van der Waals surface area contributed by atoms with Crippen molar-refractivity contribution in [2.75, 3.05) is 18.4 Å². The zero-order valence-electron chi connectivity index (χ0n) is 12.5. The lowest BCUT2D eigenvalue weighted by molar-refractivity contribution is 0.292. The van der Waals surface area contributed by atoms with E-state index in [2.05, 4.69) is 12.2 Å². The fourth-order valence-corrected chi connectivity index (χ4v) is 4.76. The first-order chi connectivity index (χ1) is 9.39. The first kappa shape index (κ1) is 15.3. The largest absolute Gasteiger partial charge is 0.384 e. The predicted molar refractivity (Wildman–Crippen MR) is 82.4 cm³/mol. The predicted octanol–water partition coefficient (Wildman–Crippen LogP) is 3.07. The average Bonchev–Trinajstić information content (AvgIpc) is 2.77. The van der Waals surface area contributed by atoms with E-state index in [-0.39, 0.29) is 5.54 Å². The third-order valence-electron chi connectivity index (χ3n) is 3.85. The molecule has 5 heteroatoms. The van der Waals surface area contributed by atoms with Gasteiger partial charge in [0.25, 0.3) is 0 Å². The van der Waals surface area contributed by atoms with Gasteiger partial charge >= 0.3 is 0 Å². The minimum atomic E-state index is -3.44. The lowest BCUT2D eigenvalue weighted by atomic mass is 10.0. The van der Waals surface area contributed by atoms with Crippen LogP contribution in [-0.4, -0.2) is 31.4 Å². The smallest absolute Gasteiger partial charge is 0.245 e. The number of benzene rings is 1. The van der Waals surface area contributed by atoms with Crippen molar-refractivity contribution in [2.24, 2.45) is 0 Å². The number of nitrogens with zero attached hydrogens (tertiary/aromatic N) is 1. The summed E-state index contributed by atoms with van der Waals surface area (Å²) >= 11 is 0. The Morgan fingerprint density at radius 3 is 2.60 bits per heavy atom. The Morgan fingerprint density at radius 2 is 2.00 bits per heavy atom. The molecule has 1 aliphatic rings. The highest BCUT2D eigenvalue weighted by molar-refractivity contribution is 7.89. The number of hydrogen-bond donors (Lipinski definition) is 1. The van der Waals surface area contributed by atoms with Crippen molar-refractivity contribution in [3.8, 4) is 0 Å². The average molecular weight is 296 g/mol. The standard InChI is InChI=1S/C15H24N2O2S/c1-4-11-16-13-8-5-6-9-14(13)20(18,19)17-12-7-10-15(17,2)3/h5-6,8-9,16H,4,7,10-12H2,1-3H3. The number of para-hydroxylation sites is 1. The van der Waals surface area contributed by atoms with Crippen molar-refractivity contribution in [1.29, 1.82) is 0 Å². The highest BCUT2D eigenvalue weighted by atomic mass is 32.2. The van der Waals surface area contributed by atoms with E-state index in [4.69, 9.17) is 0 Å². The molecule has 1 fully saturated rings. The van der Waals surface area contributed by atoms with Crippen LogP contribution in [0, 0.1) is 0 Å². The number of anilines is 1. The van der Waals surface area contributed by atoms with Crippen LogP contribution < -0.4 is 5.32 Å². The molecule has 0 bridgehead atoms. The summed E-state index contributed by atoms with van der Waals surface area (Å²) in [6.45, 7) is 7.44. The SMILES string of the molecule is CCCNc1ccccc1S(=O)(=O)N1CCCC1(C)C. The molecule has 20 heavy (non-hydrogen) atoms. The zero-order chi connectivity index (χ0) is 14.8. The third kappa shape index (κ3) is 2.83. The molecule has 0 saturated carbocycles. The Hall–Kier alpha value is -1.07. The maximum absolute atomic E-state index is 12.9. The molecule has 1 aliphatic heterocycles. The number of sulfonamides is 1. The van der Waals surface area contributed by atoms with Crippen LogP contribution in [-0.2, 0) is 10.0 Å². The van der Waals surface area contributed by atoms with E-state index >= 15 is 0 Å². The van der Waals surface area contributed by atoms with Gasteiger partial charge in [0.1, 0.15) is 4.90 Å². The van der Waals surface area contributed by atoms with Crippen molar-refractivity contribution in [1.82, 2.24) is 4.31 Å². The van der Waals surface area contributed by atoms with Crippen LogP contribution in [0.2, 0.25) is 0 Å². The van der Waals surface area contributed by atoms with Crippen LogP contribution in [0.3, 0.4) is 0 Å². The summed E-state index contributed by atoms with van der Waals surface area (Å²) in [5.41, 5.74) is 0.411. The number of hydrogen-bond acceptors (Lipinski definition) is 3. The highest BCUT2D eigenvalue weighted by Gasteiger charge is 2.41. The fraction of sp³-hybridized carbons (Fsp3) is 0.600. The molecule has 1 saturated heterocycles. The van der Waals surface area contributed by atoms with Crippen LogP contribution in [0.4, 0.5) is 5.69 Å². The first-order valence-corrected chi connectivity index (χ1v) is 8.69. The molecular weight excluding hydrogens is 272 g/mol. The minimum Gasteiger partial charge on any atom is -0.384 e. The zero-order valence-corrected chi connectivity index (χ0v) is 13.3. The topological polar surface area (TPSA) is 49.4 Å². The van der Waals surface area contributed by atoms with Crippen LogP contribution in [0.15, 0.2) is 29.2 Å². The van der Waals surface area contributed by atoms with Gasteiger partial charge in [-0.2, -0.15) is 4.31 Å². The molecule has 0 spiro atoms. The second kappa shape index (κ2) is 5.74. The van der Waals surface area contributed by atoms with Gasteiger partial charge in [-0.15, -0.1) is 0 Å². The summed E-state index contributed by atoms with van der Waals surface area (Å²) in [5, 5.41) is 3.21. The van der Waals surface area contributed by atoms with Gasteiger partial charge in [0, 0.05) is 18.6 Å². The van der Waals surface area contributed by atoms with Crippen LogP contribution in [0.1, 0.15) is 40.0 Å². The van der Waals surface area contributed by atoms with Crippen molar-refractivity contribution in [3.05, 3.63) is 24.3 Å². The van der Waals surface area contributed by atoms with Crippen LogP contribution in [0.25, 0.3) is 0 Å². The van der Waals surface area contributed by atoms with Crippen molar-refractivity contribution in [2.45, 2.75) is 50.5 Å². The summed E-state index contributed by atoms with van der Waals surface area (Å²) < 4.78 is 27.5. The molecule has 1 N–H and O–H groups in total. The van der Waals surface area contributed by atoms with E-state index in [1.807, 2.05) is 26.0 Å². The lowest BCUT2D eigenvalue weighted by Gasteiger charge is -2.31. The Bertz CT molecular complexity index is 567. The van der Waals surface area contributed by atoms with Crippen molar-refractivity contribution in [3.63, 3.8) is 0 Å². The molecule has 112 valence electrons. The summed E-state index contributed by atoms with van der Waals surface area (Å²) in [5.74, 6) is 0. The Balaban J connectivity index is 2.39. The summed E-state index contributed by atoms with van der Waals surface area (Å²) in [7, 11) is -3.44. The van der Waals surface area contributed by atoms with E-state index < -0.39 is 10.0 Å². The van der Waals surface area contributed by atoms with Gasteiger partial charge < -0.3 is 5.32 Å². The molecule has 0 aliphatic carbocycles. The quantitative estimate of drug-likeness (QED) is 0.908. The Morgan fingerprint density at radius 1 is 1.30 bits per heavy atom. The Labute approximate surface area is 122 Å². The van der Waals surface area contributed by atoms with Gasteiger partial charge in [-0.1, -0.05) is 19.1 Å². The summed E-state index contributed by atoms with van der Waals surface area (Å²) in [4.78, 5) is 0.392. The van der Waals surface area contributed by atoms with Crippen molar-refractivity contribution >= 4 is 15.7 Å². The fourth-order valence-electron chi connectivity index (χ4n) is 2.74. The molecule has 0 aromatic heterocycles. The molecule has 1 heterocycles. The van der Waals surface area contributed by atoms with E-state index in [9.17, 15) is 8.42 Å². The molecule has 4 nitrogen and oxygen atoms in total. The third-order valence-corrected chi connectivity index (χ3v) is 6.01. The van der Waals surface area contributed by atoms with Crippen LogP contribution >= 0.6 is 0 Å². The molecule has 0 atom stereocenters. The van der Waals surface area contributed by atoms with Gasteiger partial charge in [-0.05, 0) is 45.2 Å². The molecule has 2 rings (SSSR count). The normalized spacial score (nSPS) is 19.1. The second-order valence-corrected chi connectivity index (χ2v) is 7.75. The highest BCUT2D eigenvalue weighted by Crippen LogP contribution is 2.35. The van der Waals surface area contributed by atoms with Gasteiger partial charge in [0.2, 0.25) is 10.0 Å². The molecule has 0 unspecified atom stereocenters. The van der Waals surface area contributed by atoms with Crippen LogP contribution in [0.5, 0.6) is 0 Å².